The zero-order valence-electron chi connectivity index (χ0n) is 10.5. The maximum Gasteiger partial charge on any atom is 0.222 e. The number of aromatic nitrogens is 1. The van der Waals surface area contributed by atoms with Gasteiger partial charge in [-0.2, -0.15) is 0 Å². The third-order valence-corrected chi connectivity index (χ3v) is 2.50. The molecule has 1 aromatic heterocycles. The molecule has 0 saturated carbocycles. The Balaban J connectivity index is 1.85. The van der Waals surface area contributed by atoms with Gasteiger partial charge in [-0.3, -0.25) is 9.79 Å². The van der Waals surface area contributed by atoms with Gasteiger partial charge in [-0.25, -0.2) is 4.98 Å². The molecule has 1 aliphatic rings. The van der Waals surface area contributed by atoms with E-state index in [1.165, 1.54) is 6.92 Å². The third kappa shape index (κ3) is 3.44. The van der Waals surface area contributed by atoms with Gasteiger partial charge in [0.05, 0.1) is 6.54 Å². The Labute approximate surface area is 106 Å². The third-order valence-electron chi connectivity index (χ3n) is 2.50. The first-order chi connectivity index (χ1) is 8.63. The minimum atomic E-state index is -0.119. The summed E-state index contributed by atoms with van der Waals surface area (Å²) < 4.78 is 0. The van der Waals surface area contributed by atoms with Gasteiger partial charge in [-0.15, -0.1) is 0 Å². The number of pyridine rings is 1. The van der Waals surface area contributed by atoms with Crippen molar-refractivity contribution in [2.45, 2.75) is 26.4 Å². The fourth-order valence-electron chi connectivity index (χ4n) is 1.63. The summed E-state index contributed by atoms with van der Waals surface area (Å²) in [5.41, 5.74) is 1.04. The zero-order valence-corrected chi connectivity index (χ0v) is 10.5. The largest absolute Gasteiger partial charge is 0.352 e. The highest BCUT2D eigenvalue weighted by atomic mass is 16.1. The number of aliphatic imine (C=N–C) groups is 1. The molecule has 0 saturated heterocycles. The molecule has 0 aromatic carbocycles. The SMILES string of the molecule is CC(=O)Nc1ccc(CNC2=NCC(C)N2)cn1. The first-order valence-corrected chi connectivity index (χ1v) is 5.91. The summed E-state index contributed by atoms with van der Waals surface area (Å²) in [5.74, 6) is 1.27. The molecule has 3 N–H and O–H groups in total. The van der Waals surface area contributed by atoms with Crippen molar-refractivity contribution in [3.05, 3.63) is 23.9 Å². The number of guanidine groups is 1. The van der Waals surface area contributed by atoms with Crippen LogP contribution in [0.3, 0.4) is 0 Å². The Bertz CT molecular complexity index is 454. The lowest BCUT2D eigenvalue weighted by Crippen LogP contribution is -2.37. The van der Waals surface area contributed by atoms with Crippen LogP contribution >= 0.6 is 0 Å². The number of anilines is 1. The summed E-state index contributed by atoms with van der Waals surface area (Å²) in [6.07, 6.45) is 1.73. The van der Waals surface area contributed by atoms with Gasteiger partial charge < -0.3 is 16.0 Å². The molecular formula is C12H17N5O. The molecule has 1 amide bonds. The van der Waals surface area contributed by atoms with E-state index < -0.39 is 0 Å². The highest BCUT2D eigenvalue weighted by Gasteiger charge is 2.11. The molecule has 0 radical (unpaired) electrons. The van der Waals surface area contributed by atoms with Crippen LogP contribution in [0, 0.1) is 0 Å². The van der Waals surface area contributed by atoms with Gasteiger partial charge in [-0.05, 0) is 18.6 Å². The van der Waals surface area contributed by atoms with Crippen LogP contribution in [0.2, 0.25) is 0 Å². The normalized spacial score (nSPS) is 17.9. The first kappa shape index (κ1) is 12.3. The van der Waals surface area contributed by atoms with E-state index in [0.717, 1.165) is 18.1 Å². The number of rotatable bonds is 3. The molecule has 96 valence electrons. The Morgan fingerprint density at radius 1 is 1.56 bits per heavy atom. The molecule has 6 nitrogen and oxygen atoms in total. The van der Waals surface area contributed by atoms with E-state index in [-0.39, 0.29) is 5.91 Å². The van der Waals surface area contributed by atoms with Gasteiger partial charge in [0.2, 0.25) is 5.91 Å². The lowest BCUT2D eigenvalue weighted by molar-refractivity contribution is -0.114. The summed E-state index contributed by atoms with van der Waals surface area (Å²) >= 11 is 0. The second-order valence-electron chi connectivity index (χ2n) is 4.32. The summed E-state index contributed by atoms with van der Waals surface area (Å²) in [6, 6.07) is 4.10. The van der Waals surface area contributed by atoms with E-state index in [0.29, 0.717) is 18.4 Å². The van der Waals surface area contributed by atoms with Gasteiger partial charge in [0.15, 0.2) is 5.96 Å². The molecule has 2 rings (SSSR count). The molecule has 1 unspecified atom stereocenters. The average molecular weight is 247 g/mol. The van der Waals surface area contributed by atoms with Crippen molar-refractivity contribution in [1.82, 2.24) is 15.6 Å². The predicted octanol–water partition coefficient (Wildman–Crippen LogP) is 0.477. The first-order valence-electron chi connectivity index (χ1n) is 5.91. The molecule has 0 aliphatic carbocycles. The lowest BCUT2D eigenvalue weighted by Gasteiger charge is -2.09. The van der Waals surface area contributed by atoms with E-state index in [1.807, 2.05) is 6.07 Å². The fraction of sp³-hybridized carbons (Fsp3) is 0.417. The second-order valence-corrected chi connectivity index (χ2v) is 4.32. The van der Waals surface area contributed by atoms with Crippen molar-refractivity contribution in [3.8, 4) is 0 Å². The quantitative estimate of drug-likeness (QED) is 0.726. The number of carbonyl (C=O) groups excluding carboxylic acids is 1. The number of hydrogen-bond acceptors (Lipinski definition) is 5. The molecule has 1 aliphatic heterocycles. The smallest absolute Gasteiger partial charge is 0.222 e. The van der Waals surface area contributed by atoms with E-state index >= 15 is 0 Å². The van der Waals surface area contributed by atoms with Crippen LogP contribution in [0.15, 0.2) is 23.3 Å². The van der Waals surface area contributed by atoms with Crippen molar-refractivity contribution in [1.29, 1.82) is 0 Å². The molecular weight excluding hydrogens is 230 g/mol. The van der Waals surface area contributed by atoms with Crippen molar-refractivity contribution in [2.75, 3.05) is 11.9 Å². The maximum atomic E-state index is 10.8. The van der Waals surface area contributed by atoms with Crippen molar-refractivity contribution >= 4 is 17.7 Å². The molecule has 1 atom stereocenters. The van der Waals surface area contributed by atoms with Crippen LogP contribution in [0.5, 0.6) is 0 Å². The van der Waals surface area contributed by atoms with Gasteiger partial charge in [0.25, 0.3) is 0 Å². The van der Waals surface area contributed by atoms with Crippen molar-refractivity contribution < 1.29 is 4.79 Å². The zero-order chi connectivity index (χ0) is 13.0. The van der Waals surface area contributed by atoms with Gasteiger partial charge >= 0.3 is 0 Å². The van der Waals surface area contributed by atoms with Crippen LogP contribution in [0.1, 0.15) is 19.4 Å². The minimum absolute atomic E-state index is 0.119. The van der Waals surface area contributed by atoms with Gasteiger partial charge in [0, 0.05) is 25.7 Å². The molecule has 18 heavy (non-hydrogen) atoms. The number of amides is 1. The average Bonchev–Trinajstić information content (AvgIpc) is 2.74. The van der Waals surface area contributed by atoms with E-state index in [2.05, 4.69) is 32.9 Å². The second kappa shape index (κ2) is 5.48. The summed E-state index contributed by atoms with van der Waals surface area (Å²) in [5, 5.41) is 9.05. The van der Waals surface area contributed by atoms with E-state index in [1.54, 1.807) is 12.3 Å². The van der Waals surface area contributed by atoms with Crippen LogP contribution in [0.4, 0.5) is 5.82 Å². The molecule has 6 heteroatoms. The summed E-state index contributed by atoms with van der Waals surface area (Å²) in [4.78, 5) is 19.3. The summed E-state index contributed by atoms with van der Waals surface area (Å²) in [6.45, 7) is 5.01. The predicted molar refractivity (Wildman–Crippen MR) is 70.3 cm³/mol. The van der Waals surface area contributed by atoms with Crippen molar-refractivity contribution in [3.63, 3.8) is 0 Å². The standard InChI is InChI=1S/C12H17N5O/c1-8-5-14-12(16-8)15-7-10-3-4-11(13-6-10)17-9(2)18/h3-4,6,8H,5,7H2,1-2H3,(H,13,17,18)(H2,14,15,16). The molecule has 2 heterocycles. The molecule has 0 spiro atoms. The lowest BCUT2D eigenvalue weighted by atomic mass is 10.3. The number of nitrogens with one attached hydrogen (secondary N) is 3. The van der Waals surface area contributed by atoms with Crippen LogP contribution in [-0.4, -0.2) is 29.4 Å². The highest BCUT2D eigenvalue weighted by molar-refractivity contribution is 5.87. The van der Waals surface area contributed by atoms with Crippen LogP contribution in [-0.2, 0) is 11.3 Å². The van der Waals surface area contributed by atoms with Crippen LogP contribution < -0.4 is 16.0 Å². The number of carbonyl (C=O) groups is 1. The van der Waals surface area contributed by atoms with Crippen molar-refractivity contribution in [2.24, 2.45) is 4.99 Å². The van der Waals surface area contributed by atoms with E-state index in [4.69, 9.17) is 0 Å². The summed E-state index contributed by atoms with van der Waals surface area (Å²) in [7, 11) is 0. The maximum absolute atomic E-state index is 10.8. The topological polar surface area (TPSA) is 78.4 Å². The van der Waals surface area contributed by atoms with Crippen LogP contribution in [0.25, 0.3) is 0 Å². The Kier molecular flexibility index (Phi) is 3.76. The number of nitrogens with zero attached hydrogens (tertiary/aromatic N) is 2. The Morgan fingerprint density at radius 2 is 2.39 bits per heavy atom. The van der Waals surface area contributed by atoms with Gasteiger partial charge in [-0.1, -0.05) is 6.07 Å². The molecule has 0 bridgehead atoms. The van der Waals surface area contributed by atoms with Gasteiger partial charge in [0.1, 0.15) is 5.82 Å². The molecule has 0 fully saturated rings. The monoisotopic (exact) mass is 247 g/mol. The minimum Gasteiger partial charge on any atom is -0.352 e. The fourth-order valence-corrected chi connectivity index (χ4v) is 1.63. The molecule has 1 aromatic rings. The van der Waals surface area contributed by atoms with E-state index in [9.17, 15) is 4.79 Å². The Morgan fingerprint density at radius 3 is 2.94 bits per heavy atom. The Hall–Kier alpha value is -2.11. The number of hydrogen-bond donors (Lipinski definition) is 3. The highest BCUT2D eigenvalue weighted by Crippen LogP contribution is 2.05.